The molecule has 1 aromatic rings. The standard InChI is InChI=1S/C11H13Cl2NO2/c1-2-9(12)5-3-8-4-6-10(13)7-11(8)14(15)16/h4,6-7,9H,2-3,5H2,1H3. The maximum absolute atomic E-state index is 10.8. The summed E-state index contributed by atoms with van der Waals surface area (Å²) >= 11 is 11.7. The molecule has 1 unspecified atom stereocenters. The van der Waals surface area contributed by atoms with Gasteiger partial charge in [-0.05, 0) is 25.3 Å². The molecule has 0 aliphatic rings. The Balaban J connectivity index is 2.82. The van der Waals surface area contributed by atoms with Crippen LogP contribution in [0.4, 0.5) is 5.69 Å². The van der Waals surface area contributed by atoms with Crippen LogP contribution in [-0.2, 0) is 6.42 Å². The summed E-state index contributed by atoms with van der Waals surface area (Å²) in [5.74, 6) is 0. The first-order valence-electron chi connectivity index (χ1n) is 5.11. The molecule has 0 amide bonds. The van der Waals surface area contributed by atoms with Crippen LogP contribution in [0.25, 0.3) is 0 Å². The van der Waals surface area contributed by atoms with Crippen LogP contribution in [-0.4, -0.2) is 10.3 Å². The lowest BCUT2D eigenvalue weighted by Crippen LogP contribution is -2.01. The van der Waals surface area contributed by atoms with E-state index in [9.17, 15) is 10.1 Å². The van der Waals surface area contributed by atoms with Crippen molar-refractivity contribution in [3.05, 3.63) is 38.9 Å². The van der Waals surface area contributed by atoms with Gasteiger partial charge in [-0.2, -0.15) is 0 Å². The van der Waals surface area contributed by atoms with Gasteiger partial charge in [-0.3, -0.25) is 10.1 Å². The molecule has 0 aromatic heterocycles. The highest BCUT2D eigenvalue weighted by molar-refractivity contribution is 6.30. The summed E-state index contributed by atoms with van der Waals surface area (Å²) in [6.07, 6.45) is 2.21. The van der Waals surface area contributed by atoms with Crippen molar-refractivity contribution in [3.8, 4) is 0 Å². The molecule has 0 aliphatic heterocycles. The van der Waals surface area contributed by atoms with Gasteiger partial charge in [-0.15, -0.1) is 11.6 Å². The SMILES string of the molecule is CCC(Cl)CCc1ccc(Cl)cc1[N+](=O)[O-]. The van der Waals surface area contributed by atoms with Crippen molar-refractivity contribution in [1.82, 2.24) is 0 Å². The number of nitro groups is 1. The second-order valence-corrected chi connectivity index (χ2v) is 4.63. The smallest absolute Gasteiger partial charge is 0.258 e. The third kappa shape index (κ3) is 3.65. The molecule has 1 aromatic carbocycles. The molecule has 88 valence electrons. The number of hydrogen-bond donors (Lipinski definition) is 0. The molecule has 0 N–H and O–H groups in total. The molecule has 3 nitrogen and oxygen atoms in total. The van der Waals surface area contributed by atoms with Crippen LogP contribution in [0.1, 0.15) is 25.3 Å². The minimum absolute atomic E-state index is 0.0651. The minimum atomic E-state index is -0.406. The molecule has 0 saturated heterocycles. The first-order chi connectivity index (χ1) is 7.54. The normalized spacial score (nSPS) is 12.4. The van der Waals surface area contributed by atoms with Gasteiger partial charge in [0.25, 0.3) is 5.69 Å². The Morgan fingerprint density at radius 3 is 2.75 bits per heavy atom. The first-order valence-corrected chi connectivity index (χ1v) is 5.93. The van der Waals surface area contributed by atoms with Crippen LogP contribution in [0.3, 0.4) is 0 Å². The summed E-state index contributed by atoms with van der Waals surface area (Å²) in [6, 6.07) is 4.74. The van der Waals surface area contributed by atoms with Gasteiger partial charge >= 0.3 is 0 Å². The Morgan fingerprint density at radius 1 is 1.50 bits per heavy atom. The number of nitro benzene ring substituents is 1. The Bertz CT molecular complexity index is 382. The zero-order valence-corrected chi connectivity index (χ0v) is 10.5. The van der Waals surface area contributed by atoms with Crippen LogP contribution in [0.5, 0.6) is 0 Å². The second-order valence-electron chi connectivity index (χ2n) is 3.57. The largest absolute Gasteiger partial charge is 0.274 e. The molecule has 16 heavy (non-hydrogen) atoms. The molecule has 0 saturated carbocycles. The maximum Gasteiger partial charge on any atom is 0.274 e. The predicted molar refractivity (Wildman–Crippen MR) is 66.4 cm³/mol. The van der Waals surface area contributed by atoms with E-state index in [1.54, 1.807) is 12.1 Å². The quantitative estimate of drug-likeness (QED) is 0.453. The van der Waals surface area contributed by atoms with E-state index >= 15 is 0 Å². The zero-order chi connectivity index (χ0) is 12.1. The third-order valence-electron chi connectivity index (χ3n) is 2.41. The number of alkyl halides is 1. The molecule has 0 spiro atoms. The highest BCUT2D eigenvalue weighted by atomic mass is 35.5. The van der Waals surface area contributed by atoms with Gasteiger partial charge in [0.05, 0.1) is 4.92 Å². The molecule has 5 heteroatoms. The summed E-state index contributed by atoms with van der Waals surface area (Å²) in [4.78, 5) is 10.4. The Kier molecular flexibility index (Phi) is 5.03. The van der Waals surface area contributed by atoms with Gasteiger partial charge in [0, 0.05) is 22.0 Å². The average molecular weight is 262 g/mol. The van der Waals surface area contributed by atoms with E-state index in [2.05, 4.69) is 0 Å². The van der Waals surface area contributed by atoms with Crippen molar-refractivity contribution in [2.45, 2.75) is 31.6 Å². The minimum Gasteiger partial charge on any atom is -0.258 e. The summed E-state index contributed by atoms with van der Waals surface area (Å²) in [6.45, 7) is 1.99. The number of benzene rings is 1. The molecule has 0 aliphatic carbocycles. The van der Waals surface area contributed by atoms with Crippen LogP contribution in [0, 0.1) is 10.1 Å². The van der Waals surface area contributed by atoms with Gasteiger partial charge in [-0.25, -0.2) is 0 Å². The fourth-order valence-electron chi connectivity index (χ4n) is 1.43. The first kappa shape index (κ1) is 13.3. The lowest BCUT2D eigenvalue weighted by molar-refractivity contribution is -0.385. The van der Waals surface area contributed by atoms with E-state index in [0.717, 1.165) is 12.8 Å². The summed E-state index contributed by atoms with van der Waals surface area (Å²) in [7, 11) is 0. The monoisotopic (exact) mass is 261 g/mol. The Morgan fingerprint density at radius 2 is 2.19 bits per heavy atom. The van der Waals surface area contributed by atoms with Gasteiger partial charge < -0.3 is 0 Å². The second kappa shape index (κ2) is 6.06. The average Bonchev–Trinajstić information content (AvgIpc) is 2.26. The molecule has 0 fully saturated rings. The van der Waals surface area contributed by atoms with Crippen molar-refractivity contribution < 1.29 is 4.92 Å². The predicted octanol–water partition coefficient (Wildman–Crippen LogP) is 4.20. The third-order valence-corrected chi connectivity index (χ3v) is 3.18. The van der Waals surface area contributed by atoms with Crippen molar-refractivity contribution in [2.75, 3.05) is 0 Å². The summed E-state index contributed by atoms with van der Waals surface area (Å²) in [5, 5.41) is 11.2. The van der Waals surface area contributed by atoms with E-state index in [1.165, 1.54) is 6.07 Å². The Labute approximate surface area is 105 Å². The highest BCUT2D eigenvalue weighted by Crippen LogP contribution is 2.25. The van der Waals surface area contributed by atoms with E-state index in [-0.39, 0.29) is 11.1 Å². The van der Waals surface area contributed by atoms with Gasteiger partial charge in [-0.1, -0.05) is 24.6 Å². The molecule has 0 radical (unpaired) electrons. The van der Waals surface area contributed by atoms with Crippen LogP contribution in [0.15, 0.2) is 18.2 Å². The van der Waals surface area contributed by atoms with Gasteiger partial charge in [0.2, 0.25) is 0 Å². The van der Waals surface area contributed by atoms with Crippen LogP contribution in [0.2, 0.25) is 5.02 Å². The van der Waals surface area contributed by atoms with Crippen molar-refractivity contribution in [3.63, 3.8) is 0 Å². The van der Waals surface area contributed by atoms with E-state index in [0.29, 0.717) is 17.0 Å². The number of nitrogens with zero attached hydrogens (tertiary/aromatic N) is 1. The van der Waals surface area contributed by atoms with Gasteiger partial charge in [0.1, 0.15) is 0 Å². The van der Waals surface area contributed by atoms with Crippen molar-refractivity contribution >= 4 is 28.9 Å². The molecular weight excluding hydrogens is 249 g/mol. The molecular formula is C11H13Cl2NO2. The fourth-order valence-corrected chi connectivity index (χ4v) is 1.71. The number of hydrogen-bond acceptors (Lipinski definition) is 2. The number of halogens is 2. The maximum atomic E-state index is 10.8. The highest BCUT2D eigenvalue weighted by Gasteiger charge is 2.14. The molecule has 1 rings (SSSR count). The summed E-state index contributed by atoms with van der Waals surface area (Å²) in [5.41, 5.74) is 0.765. The van der Waals surface area contributed by atoms with Crippen LogP contribution >= 0.6 is 23.2 Å². The van der Waals surface area contributed by atoms with E-state index in [1.807, 2.05) is 6.92 Å². The summed E-state index contributed by atoms with van der Waals surface area (Å²) < 4.78 is 0. The molecule has 0 heterocycles. The van der Waals surface area contributed by atoms with Gasteiger partial charge in [0.15, 0.2) is 0 Å². The van der Waals surface area contributed by atoms with Crippen molar-refractivity contribution in [2.24, 2.45) is 0 Å². The molecule has 0 bridgehead atoms. The lowest BCUT2D eigenvalue weighted by Gasteiger charge is -2.06. The fraction of sp³-hybridized carbons (Fsp3) is 0.455. The van der Waals surface area contributed by atoms with Crippen molar-refractivity contribution in [1.29, 1.82) is 0 Å². The number of aryl methyl sites for hydroxylation is 1. The lowest BCUT2D eigenvalue weighted by atomic mass is 10.1. The van der Waals surface area contributed by atoms with E-state index < -0.39 is 4.92 Å². The zero-order valence-electron chi connectivity index (χ0n) is 8.95. The van der Waals surface area contributed by atoms with Crippen LogP contribution < -0.4 is 0 Å². The number of rotatable bonds is 5. The van der Waals surface area contributed by atoms with E-state index in [4.69, 9.17) is 23.2 Å². The molecule has 1 atom stereocenters. The Hall–Kier alpha value is -0.800. The topological polar surface area (TPSA) is 43.1 Å².